The highest BCUT2D eigenvalue weighted by Gasteiger charge is 2.27. The molecule has 0 atom stereocenters. The van der Waals surface area contributed by atoms with Crippen LogP contribution in [-0.4, -0.2) is 45.1 Å². The van der Waals surface area contributed by atoms with Crippen molar-refractivity contribution in [1.29, 1.82) is 0 Å². The zero-order chi connectivity index (χ0) is 20.1. The van der Waals surface area contributed by atoms with Crippen LogP contribution >= 0.6 is 11.3 Å². The van der Waals surface area contributed by atoms with Gasteiger partial charge >= 0.3 is 17.9 Å². The number of hydrogen-bond acceptors (Lipinski definition) is 8. The predicted molar refractivity (Wildman–Crippen MR) is 97.5 cm³/mol. The number of hydrogen-bond donors (Lipinski definition) is 1. The molecule has 0 unspecified atom stereocenters. The van der Waals surface area contributed by atoms with Crippen molar-refractivity contribution in [2.45, 2.75) is 6.92 Å². The Hall–Kier alpha value is -3.20. The van der Waals surface area contributed by atoms with Gasteiger partial charge in [-0.25, -0.2) is 14.4 Å². The summed E-state index contributed by atoms with van der Waals surface area (Å²) in [5.41, 5.74) is 0.992. The fourth-order valence-corrected chi connectivity index (χ4v) is 3.40. The molecule has 1 N–H and O–H groups in total. The highest BCUT2D eigenvalue weighted by Crippen LogP contribution is 2.34. The van der Waals surface area contributed by atoms with Crippen LogP contribution in [0.25, 0.3) is 0 Å². The highest BCUT2D eigenvalue weighted by molar-refractivity contribution is 7.18. The van der Waals surface area contributed by atoms with Gasteiger partial charge in [-0.2, -0.15) is 0 Å². The topological polar surface area (TPSA) is 108 Å². The van der Waals surface area contributed by atoms with Crippen LogP contribution in [0.4, 0.5) is 5.00 Å². The monoisotopic (exact) mass is 391 g/mol. The van der Waals surface area contributed by atoms with Crippen LogP contribution in [0.3, 0.4) is 0 Å². The number of carbonyl (C=O) groups excluding carboxylic acids is 4. The number of nitrogens with one attached hydrogen (secondary N) is 1. The normalized spacial score (nSPS) is 10.1. The molecule has 0 aliphatic rings. The van der Waals surface area contributed by atoms with Gasteiger partial charge in [0.05, 0.1) is 32.5 Å². The zero-order valence-corrected chi connectivity index (χ0v) is 15.9. The number of anilines is 1. The molecule has 0 bridgehead atoms. The van der Waals surface area contributed by atoms with Gasteiger partial charge in [0, 0.05) is 5.56 Å². The van der Waals surface area contributed by atoms with E-state index in [1.807, 2.05) is 0 Å². The quantitative estimate of drug-likeness (QED) is 0.616. The molecule has 0 fully saturated rings. The Labute approximate surface area is 159 Å². The van der Waals surface area contributed by atoms with E-state index in [1.54, 1.807) is 6.92 Å². The summed E-state index contributed by atoms with van der Waals surface area (Å²) in [4.78, 5) is 48.1. The molecule has 0 saturated heterocycles. The van der Waals surface area contributed by atoms with Crippen molar-refractivity contribution in [3.8, 4) is 0 Å². The van der Waals surface area contributed by atoms with Crippen LogP contribution in [0.2, 0.25) is 0 Å². The Morgan fingerprint density at radius 2 is 1.33 bits per heavy atom. The van der Waals surface area contributed by atoms with Crippen LogP contribution in [-0.2, 0) is 14.2 Å². The molecule has 2 rings (SSSR count). The molecule has 0 spiro atoms. The smallest absolute Gasteiger partial charge is 0.348 e. The predicted octanol–water partition coefficient (Wildman–Crippen LogP) is 2.67. The number of carbonyl (C=O) groups is 4. The molecule has 0 aliphatic heterocycles. The fraction of sp³-hybridized carbons (Fsp3) is 0.222. The Balaban J connectivity index is 2.35. The first-order valence-electron chi connectivity index (χ1n) is 7.63. The van der Waals surface area contributed by atoms with E-state index < -0.39 is 23.8 Å². The van der Waals surface area contributed by atoms with E-state index in [9.17, 15) is 19.2 Å². The molecule has 9 heteroatoms. The summed E-state index contributed by atoms with van der Waals surface area (Å²) in [6.45, 7) is 1.57. The van der Waals surface area contributed by atoms with E-state index in [0.29, 0.717) is 11.1 Å². The lowest BCUT2D eigenvalue weighted by Crippen LogP contribution is -2.14. The maximum Gasteiger partial charge on any atom is 0.348 e. The first-order chi connectivity index (χ1) is 12.8. The second-order valence-corrected chi connectivity index (χ2v) is 6.29. The first-order valence-corrected chi connectivity index (χ1v) is 8.45. The van der Waals surface area contributed by atoms with Crippen LogP contribution < -0.4 is 5.32 Å². The van der Waals surface area contributed by atoms with Crippen LogP contribution in [0.15, 0.2) is 24.3 Å². The summed E-state index contributed by atoms with van der Waals surface area (Å²) in [6, 6.07) is 5.78. The molecule has 1 aromatic carbocycles. The van der Waals surface area contributed by atoms with E-state index in [-0.39, 0.29) is 21.0 Å². The van der Waals surface area contributed by atoms with Gasteiger partial charge in [0.25, 0.3) is 5.91 Å². The second kappa shape index (κ2) is 8.45. The van der Waals surface area contributed by atoms with Gasteiger partial charge in [-0.15, -0.1) is 11.3 Å². The molecule has 8 nitrogen and oxygen atoms in total. The Kier molecular flexibility index (Phi) is 6.30. The molecule has 142 valence electrons. The third kappa shape index (κ3) is 4.14. The lowest BCUT2D eigenvalue weighted by atomic mass is 10.1. The molecule has 0 radical (unpaired) electrons. The number of esters is 3. The third-order valence-corrected chi connectivity index (χ3v) is 4.89. The maximum absolute atomic E-state index is 12.5. The number of thiophene rings is 1. The first kappa shape index (κ1) is 20.1. The molecule has 1 heterocycles. The summed E-state index contributed by atoms with van der Waals surface area (Å²) >= 11 is 0.916. The van der Waals surface area contributed by atoms with Crippen molar-refractivity contribution < 1.29 is 33.4 Å². The van der Waals surface area contributed by atoms with Gasteiger partial charge < -0.3 is 19.5 Å². The van der Waals surface area contributed by atoms with E-state index in [2.05, 4.69) is 10.1 Å². The van der Waals surface area contributed by atoms with Crippen molar-refractivity contribution in [3.63, 3.8) is 0 Å². The van der Waals surface area contributed by atoms with Gasteiger partial charge in [-0.3, -0.25) is 4.79 Å². The highest BCUT2D eigenvalue weighted by atomic mass is 32.1. The summed E-state index contributed by atoms with van der Waals surface area (Å²) in [5.74, 6) is -2.35. The van der Waals surface area contributed by atoms with Crippen molar-refractivity contribution >= 4 is 40.2 Å². The van der Waals surface area contributed by atoms with Crippen molar-refractivity contribution in [3.05, 3.63) is 51.4 Å². The average Bonchev–Trinajstić information content (AvgIpc) is 3.01. The molecule has 2 aromatic rings. The third-order valence-electron chi connectivity index (χ3n) is 3.70. The Morgan fingerprint density at radius 3 is 1.85 bits per heavy atom. The lowest BCUT2D eigenvalue weighted by Gasteiger charge is -2.07. The van der Waals surface area contributed by atoms with Gasteiger partial charge in [0.15, 0.2) is 0 Å². The minimum Gasteiger partial charge on any atom is -0.465 e. The lowest BCUT2D eigenvalue weighted by molar-refractivity contribution is 0.0589. The summed E-state index contributed by atoms with van der Waals surface area (Å²) in [6.07, 6.45) is 0. The number of rotatable bonds is 5. The SMILES string of the molecule is COC(=O)c1ccc(C(=O)Nc2sc(C(=O)OC)c(C)c2C(=O)OC)cc1. The fourth-order valence-electron chi connectivity index (χ4n) is 2.29. The maximum atomic E-state index is 12.5. The zero-order valence-electron chi connectivity index (χ0n) is 15.1. The molecular weight excluding hydrogens is 374 g/mol. The Morgan fingerprint density at radius 1 is 0.815 bits per heavy atom. The second-order valence-electron chi connectivity index (χ2n) is 5.27. The van der Waals surface area contributed by atoms with Gasteiger partial charge in [-0.05, 0) is 36.8 Å². The van der Waals surface area contributed by atoms with Gasteiger partial charge in [0.1, 0.15) is 9.88 Å². The molecule has 1 aromatic heterocycles. The van der Waals surface area contributed by atoms with E-state index >= 15 is 0 Å². The van der Waals surface area contributed by atoms with Crippen molar-refractivity contribution in [2.75, 3.05) is 26.6 Å². The summed E-state index contributed by atoms with van der Waals surface area (Å²) < 4.78 is 14.0. The molecule has 0 saturated carbocycles. The number of amides is 1. The molecule has 1 amide bonds. The minimum absolute atomic E-state index is 0.0856. The van der Waals surface area contributed by atoms with Crippen LogP contribution in [0.1, 0.15) is 46.3 Å². The van der Waals surface area contributed by atoms with Crippen molar-refractivity contribution in [2.24, 2.45) is 0 Å². The van der Waals surface area contributed by atoms with E-state index in [4.69, 9.17) is 9.47 Å². The number of benzene rings is 1. The van der Waals surface area contributed by atoms with E-state index in [0.717, 1.165) is 11.3 Å². The number of ether oxygens (including phenoxy) is 3. The molecule has 0 aliphatic carbocycles. The van der Waals surface area contributed by atoms with Crippen LogP contribution in [0, 0.1) is 6.92 Å². The van der Waals surface area contributed by atoms with Gasteiger partial charge in [-0.1, -0.05) is 0 Å². The number of methoxy groups -OCH3 is 3. The molecule has 27 heavy (non-hydrogen) atoms. The summed E-state index contributed by atoms with van der Waals surface area (Å²) in [5, 5.41) is 2.77. The standard InChI is InChI=1S/C18H17NO7S/c1-9-12(17(22)25-3)15(27-13(9)18(23)26-4)19-14(20)10-5-7-11(8-6-10)16(21)24-2/h5-8H,1-4H3,(H,19,20). The van der Waals surface area contributed by atoms with Gasteiger partial charge in [0.2, 0.25) is 0 Å². The minimum atomic E-state index is -0.685. The Bertz CT molecular complexity index is 899. The average molecular weight is 391 g/mol. The largest absolute Gasteiger partial charge is 0.465 e. The summed E-state index contributed by atoms with van der Waals surface area (Å²) in [7, 11) is 3.68. The van der Waals surface area contributed by atoms with Crippen molar-refractivity contribution in [1.82, 2.24) is 0 Å². The van der Waals surface area contributed by atoms with E-state index in [1.165, 1.54) is 45.6 Å². The molecular formula is C18H17NO7S. The van der Waals surface area contributed by atoms with Crippen LogP contribution in [0.5, 0.6) is 0 Å².